The third-order valence-corrected chi connectivity index (χ3v) is 16.0. The molecule has 0 aromatic rings. The third kappa shape index (κ3) is 8.98. The van der Waals surface area contributed by atoms with Crippen LogP contribution in [0.5, 0.6) is 0 Å². The highest BCUT2D eigenvalue weighted by atomic mass is 14.4. The molecule has 0 heteroatoms. The summed E-state index contributed by atoms with van der Waals surface area (Å²) in [6.07, 6.45) is 38.7. The molecule has 6 saturated carbocycles. The second-order valence-corrected chi connectivity index (χ2v) is 19.6. The molecule has 6 atom stereocenters. The predicted octanol–water partition coefficient (Wildman–Crippen LogP) is 14.2. The van der Waals surface area contributed by atoms with E-state index in [1.165, 1.54) is 141 Å². The molecule has 0 aliphatic heterocycles. The van der Waals surface area contributed by atoms with E-state index in [4.69, 9.17) is 0 Å². The Bertz CT molecular complexity index is 840. The Kier molecular flexibility index (Phi) is 12.6. The molecule has 0 nitrogen and oxygen atoms in total. The number of hydrogen-bond acceptors (Lipinski definition) is 0. The number of rotatable bonds is 7. The summed E-state index contributed by atoms with van der Waals surface area (Å²) in [5.74, 6) is 13.0. The molecule has 0 aromatic carbocycles. The Hall–Kier alpha value is -0.520. The summed E-state index contributed by atoms with van der Waals surface area (Å²) < 4.78 is 0. The van der Waals surface area contributed by atoms with Crippen LogP contribution in [0.25, 0.3) is 0 Å². The largest absolute Gasteiger partial charge is 0.0814 e. The van der Waals surface area contributed by atoms with E-state index in [-0.39, 0.29) is 0 Å². The van der Waals surface area contributed by atoms with Crippen molar-refractivity contribution in [2.75, 3.05) is 0 Å². The minimum absolute atomic E-state index is 0.862. The van der Waals surface area contributed by atoms with Crippen LogP contribution < -0.4 is 0 Å². The van der Waals surface area contributed by atoms with Gasteiger partial charge in [-0.05, 0) is 173 Å². The van der Waals surface area contributed by atoms with Gasteiger partial charge in [0, 0.05) is 0 Å². The standard InChI is InChI=1S/C46H78/c1-31-7-15-37(16-8-31)45(38-17-9-32(2)10-18-38)29-41-23-25-43(27-35(41)5)44-26-24-42(36(6)28-44)30-46(39-19-11-33(3)12-20-39)40-21-13-34(4)14-22-40/h29-44H,7-28H2,1-6H3. The normalized spacial score (nSPS) is 45.9. The molecule has 0 aromatic heterocycles. The molecular formula is C46H78. The summed E-state index contributed by atoms with van der Waals surface area (Å²) in [5.41, 5.74) is 3.95. The molecule has 46 heavy (non-hydrogen) atoms. The second kappa shape index (κ2) is 16.5. The number of hydrogen-bond donors (Lipinski definition) is 0. The van der Waals surface area contributed by atoms with Gasteiger partial charge in [0.25, 0.3) is 0 Å². The summed E-state index contributed by atoms with van der Waals surface area (Å²) in [4.78, 5) is 0. The van der Waals surface area contributed by atoms with Crippen LogP contribution in [-0.2, 0) is 0 Å². The van der Waals surface area contributed by atoms with Crippen molar-refractivity contribution in [2.24, 2.45) is 82.9 Å². The smallest absolute Gasteiger partial charge is 0.0200 e. The van der Waals surface area contributed by atoms with Crippen LogP contribution in [0.2, 0.25) is 0 Å². The predicted molar refractivity (Wildman–Crippen MR) is 201 cm³/mol. The van der Waals surface area contributed by atoms with E-state index in [0.29, 0.717) is 0 Å². The second-order valence-electron chi connectivity index (χ2n) is 19.6. The van der Waals surface area contributed by atoms with E-state index in [1.54, 1.807) is 0 Å². The van der Waals surface area contributed by atoms with Crippen molar-refractivity contribution in [3.63, 3.8) is 0 Å². The fraction of sp³-hybridized carbons (Fsp3) is 0.913. The quantitative estimate of drug-likeness (QED) is 0.246. The van der Waals surface area contributed by atoms with Crippen LogP contribution in [0.3, 0.4) is 0 Å². The van der Waals surface area contributed by atoms with Crippen molar-refractivity contribution in [1.29, 1.82) is 0 Å². The molecular weight excluding hydrogens is 553 g/mol. The molecule has 0 saturated heterocycles. The van der Waals surface area contributed by atoms with E-state index in [2.05, 4.69) is 53.7 Å². The molecule has 0 N–H and O–H groups in total. The molecule has 0 bridgehead atoms. The monoisotopic (exact) mass is 631 g/mol. The summed E-state index contributed by atoms with van der Waals surface area (Å²) in [7, 11) is 0. The maximum atomic E-state index is 2.96. The highest BCUT2D eigenvalue weighted by Crippen LogP contribution is 2.50. The van der Waals surface area contributed by atoms with Crippen molar-refractivity contribution in [3.8, 4) is 0 Å². The van der Waals surface area contributed by atoms with Gasteiger partial charge in [0.05, 0.1) is 0 Å². The molecule has 6 aliphatic rings. The van der Waals surface area contributed by atoms with Crippen molar-refractivity contribution in [3.05, 3.63) is 23.3 Å². The lowest BCUT2D eigenvalue weighted by Crippen LogP contribution is -2.33. The first-order chi connectivity index (χ1) is 22.2. The Morgan fingerprint density at radius 3 is 0.826 bits per heavy atom. The zero-order valence-corrected chi connectivity index (χ0v) is 31.8. The minimum atomic E-state index is 0.862. The first-order valence-corrected chi connectivity index (χ1v) is 21.7. The van der Waals surface area contributed by atoms with E-state index >= 15 is 0 Å². The summed E-state index contributed by atoms with van der Waals surface area (Å²) in [6.45, 7) is 15.3. The van der Waals surface area contributed by atoms with Gasteiger partial charge in [0.1, 0.15) is 0 Å². The van der Waals surface area contributed by atoms with Gasteiger partial charge in [-0.25, -0.2) is 0 Å². The van der Waals surface area contributed by atoms with Crippen LogP contribution in [0.15, 0.2) is 23.3 Å². The van der Waals surface area contributed by atoms with Gasteiger partial charge < -0.3 is 0 Å². The zero-order chi connectivity index (χ0) is 32.2. The van der Waals surface area contributed by atoms with Crippen LogP contribution in [0.1, 0.15) is 183 Å². The van der Waals surface area contributed by atoms with Crippen LogP contribution in [0.4, 0.5) is 0 Å². The van der Waals surface area contributed by atoms with Gasteiger partial charge >= 0.3 is 0 Å². The Morgan fingerprint density at radius 1 is 0.326 bits per heavy atom. The molecule has 0 amide bonds. The average Bonchev–Trinajstić information content (AvgIpc) is 3.06. The topological polar surface area (TPSA) is 0 Å². The van der Waals surface area contributed by atoms with Gasteiger partial charge in [-0.1, -0.05) is 116 Å². The first-order valence-electron chi connectivity index (χ1n) is 21.7. The van der Waals surface area contributed by atoms with Gasteiger partial charge in [-0.15, -0.1) is 0 Å². The molecule has 6 unspecified atom stereocenters. The van der Waals surface area contributed by atoms with E-state index < -0.39 is 0 Å². The van der Waals surface area contributed by atoms with E-state index in [0.717, 1.165) is 82.9 Å². The fourth-order valence-corrected chi connectivity index (χ4v) is 12.4. The van der Waals surface area contributed by atoms with Gasteiger partial charge in [0.15, 0.2) is 0 Å². The average molecular weight is 631 g/mol. The Morgan fingerprint density at radius 2 is 0.587 bits per heavy atom. The summed E-state index contributed by atoms with van der Waals surface area (Å²) >= 11 is 0. The van der Waals surface area contributed by atoms with Crippen LogP contribution >= 0.6 is 0 Å². The lowest BCUT2D eigenvalue weighted by Gasteiger charge is -2.43. The molecule has 6 aliphatic carbocycles. The molecule has 6 fully saturated rings. The number of allylic oxidation sites excluding steroid dienone is 4. The van der Waals surface area contributed by atoms with Gasteiger partial charge in [-0.2, -0.15) is 0 Å². The van der Waals surface area contributed by atoms with Crippen molar-refractivity contribution in [2.45, 2.75) is 183 Å². The summed E-state index contributed by atoms with van der Waals surface area (Å²) in [6, 6.07) is 0. The zero-order valence-electron chi connectivity index (χ0n) is 31.8. The van der Waals surface area contributed by atoms with Crippen LogP contribution in [-0.4, -0.2) is 0 Å². The fourth-order valence-electron chi connectivity index (χ4n) is 12.4. The SMILES string of the molecule is CC1CCC(C(=CC2CCC(C3CCC(C=C(C4CCC(C)CC4)C4CCC(C)CC4)C(C)C3)CC2C)C2CCC(C)CC2)CC1. The lowest BCUT2D eigenvalue weighted by atomic mass is 9.62. The molecule has 6 rings (SSSR count). The van der Waals surface area contributed by atoms with Crippen molar-refractivity contribution >= 4 is 0 Å². The maximum Gasteiger partial charge on any atom is -0.0200 e. The van der Waals surface area contributed by atoms with Crippen molar-refractivity contribution < 1.29 is 0 Å². The van der Waals surface area contributed by atoms with E-state index in [1.807, 2.05) is 11.1 Å². The Balaban J connectivity index is 1.07. The Labute approximate surface area is 288 Å². The third-order valence-electron chi connectivity index (χ3n) is 16.0. The maximum absolute atomic E-state index is 2.96. The highest BCUT2D eigenvalue weighted by Gasteiger charge is 2.38. The highest BCUT2D eigenvalue weighted by molar-refractivity contribution is 5.17. The molecule has 0 heterocycles. The van der Waals surface area contributed by atoms with Crippen LogP contribution in [0, 0.1) is 82.9 Å². The lowest BCUT2D eigenvalue weighted by molar-refractivity contribution is 0.107. The van der Waals surface area contributed by atoms with Crippen molar-refractivity contribution in [1.82, 2.24) is 0 Å². The van der Waals surface area contributed by atoms with Gasteiger partial charge in [-0.3, -0.25) is 0 Å². The molecule has 0 radical (unpaired) electrons. The minimum Gasteiger partial charge on any atom is -0.0814 e. The molecule has 262 valence electrons. The van der Waals surface area contributed by atoms with E-state index in [9.17, 15) is 0 Å². The van der Waals surface area contributed by atoms with Gasteiger partial charge in [0.2, 0.25) is 0 Å². The first kappa shape index (κ1) is 35.3. The summed E-state index contributed by atoms with van der Waals surface area (Å²) in [5, 5.41) is 0. The molecule has 0 spiro atoms.